The van der Waals surface area contributed by atoms with Crippen LogP contribution in [0.25, 0.3) is 0 Å². The molecule has 2 aromatic rings. The number of esters is 1. The van der Waals surface area contributed by atoms with E-state index in [9.17, 15) is 4.79 Å². The fourth-order valence-electron chi connectivity index (χ4n) is 2.04. The summed E-state index contributed by atoms with van der Waals surface area (Å²) in [5.74, 6) is 0.440. The Morgan fingerprint density at radius 1 is 1.33 bits per heavy atom. The lowest BCUT2D eigenvalue weighted by atomic mass is 10.1. The molecular weight excluding hydrogens is 270 g/mol. The summed E-state index contributed by atoms with van der Waals surface area (Å²) in [5.41, 5.74) is 8.22. The van der Waals surface area contributed by atoms with Crippen LogP contribution in [-0.4, -0.2) is 22.4 Å². The summed E-state index contributed by atoms with van der Waals surface area (Å²) in [4.78, 5) is 12.0. The summed E-state index contributed by atoms with van der Waals surface area (Å²) >= 11 is 0. The molecule has 2 N–H and O–H groups in total. The number of nitrogen functional groups attached to an aromatic ring is 1. The third kappa shape index (κ3) is 2.84. The van der Waals surface area contributed by atoms with Gasteiger partial charge in [0.15, 0.2) is 11.5 Å². The predicted octanol–water partition coefficient (Wildman–Crippen LogP) is 2.59. The second-order valence-electron chi connectivity index (χ2n) is 4.67. The third-order valence-electron chi connectivity index (χ3n) is 3.19. The molecule has 0 fully saturated rings. The normalized spacial score (nSPS) is 10.5. The molecule has 0 aliphatic heterocycles. The van der Waals surface area contributed by atoms with Crippen molar-refractivity contribution in [3.63, 3.8) is 0 Å². The lowest BCUT2D eigenvalue weighted by Gasteiger charge is -2.13. The van der Waals surface area contributed by atoms with Crippen LogP contribution in [-0.2, 0) is 11.8 Å². The average Bonchev–Trinajstić information content (AvgIpc) is 2.67. The maximum absolute atomic E-state index is 12.0. The van der Waals surface area contributed by atoms with Crippen molar-refractivity contribution in [1.29, 1.82) is 0 Å². The molecule has 0 amide bonds. The van der Waals surface area contributed by atoms with Crippen molar-refractivity contribution in [3.8, 4) is 11.5 Å². The summed E-state index contributed by atoms with van der Waals surface area (Å²) in [6.45, 7) is 5.77. The number of benzene rings is 1. The minimum atomic E-state index is -0.459. The fraction of sp³-hybridized carbons (Fsp3) is 0.333. The van der Waals surface area contributed by atoms with Crippen LogP contribution in [0.2, 0.25) is 0 Å². The van der Waals surface area contributed by atoms with Gasteiger partial charge in [0.05, 0.1) is 18.0 Å². The summed E-state index contributed by atoms with van der Waals surface area (Å²) in [6.07, 6.45) is 0. The predicted molar refractivity (Wildman–Crippen MR) is 79.6 cm³/mol. The highest BCUT2D eigenvalue weighted by molar-refractivity contribution is 5.94. The number of rotatable bonds is 4. The number of anilines is 1. The molecule has 0 spiro atoms. The number of carbonyl (C=O) groups is 1. The zero-order valence-electron chi connectivity index (χ0n) is 12.6. The molecule has 2 rings (SSSR count). The molecule has 6 heteroatoms. The summed E-state index contributed by atoms with van der Waals surface area (Å²) in [7, 11) is 1.83. The Labute approximate surface area is 123 Å². The zero-order chi connectivity index (χ0) is 15.6. The van der Waals surface area contributed by atoms with Gasteiger partial charge in [-0.3, -0.25) is 4.68 Å². The molecule has 0 atom stereocenters. The maximum atomic E-state index is 12.0. The van der Waals surface area contributed by atoms with Crippen LogP contribution in [0.1, 0.15) is 28.7 Å². The van der Waals surface area contributed by atoms with Crippen molar-refractivity contribution in [2.24, 2.45) is 7.05 Å². The van der Waals surface area contributed by atoms with Gasteiger partial charge in [-0.15, -0.1) is 0 Å². The second-order valence-corrected chi connectivity index (χ2v) is 4.67. The van der Waals surface area contributed by atoms with E-state index in [1.807, 2.05) is 20.9 Å². The SMILES string of the molecule is CCOC(=O)c1cccc(N)c1Oc1c(C)nn(C)c1C. The minimum absolute atomic E-state index is 0.290. The molecule has 21 heavy (non-hydrogen) atoms. The van der Waals surface area contributed by atoms with Crippen LogP contribution in [0.15, 0.2) is 18.2 Å². The Bertz CT molecular complexity index is 677. The summed E-state index contributed by atoms with van der Waals surface area (Å²) in [5, 5.41) is 4.28. The van der Waals surface area contributed by atoms with Crippen molar-refractivity contribution in [2.75, 3.05) is 12.3 Å². The first-order valence-corrected chi connectivity index (χ1v) is 6.69. The van der Waals surface area contributed by atoms with E-state index >= 15 is 0 Å². The van der Waals surface area contributed by atoms with E-state index in [0.717, 1.165) is 11.4 Å². The van der Waals surface area contributed by atoms with Crippen LogP contribution in [0.5, 0.6) is 11.5 Å². The molecule has 0 saturated heterocycles. The number of carbonyl (C=O) groups excluding carboxylic acids is 1. The Hall–Kier alpha value is -2.50. The standard InChI is InChI=1S/C15H19N3O3/c1-5-20-15(19)11-7-6-8-12(16)14(11)21-13-9(2)17-18(4)10(13)3/h6-8H,5,16H2,1-4H3. The summed E-state index contributed by atoms with van der Waals surface area (Å²) < 4.78 is 12.6. The number of hydrogen-bond acceptors (Lipinski definition) is 5. The number of hydrogen-bond donors (Lipinski definition) is 1. The molecule has 1 aromatic heterocycles. The Kier molecular flexibility index (Phi) is 4.16. The molecule has 0 radical (unpaired) electrons. The molecule has 0 aliphatic carbocycles. The number of ether oxygens (including phenoxy) is 2. The van der Waals surface area contributed by atoms with Gasteiger partial charge in [0.25, 0.3) is 0 Å². The van der Waals surface area contributed by atoms with Gasteiger partial charge in [0.1, 0.15) is 11.3 Å². The first-order valence-electron chi connectivity index (χ1n) is 6.69. The van der Waals surface area contributed by atoms with Crippen molar-refractivity contribution >= 4 is 11.7 Å². The molecule has 6 nitrogen and oxygen atoms in total. The van der Waals surface area contributed by atoms with Gasteiger partial charge in [-0.25, -0.2) is 4.79 Å². The molecule has 0 aliphatic rings. The van der Waals surface area contributed by atoms with Gasteiger partial charge in [0, 0.05) is 7.05 Å². The molecule has 0 unspecified atom stereocenters. The monoisotopic (exact) mass is 289 g/mol. The van der Waals surface area contributed by atoms with E-state index in [2.05, 4.69) is 5.10 Å². The second kappa shape index (κ2) is 5.87. The van der Waals surface area contributed by atoms with Gasteiger partial charge in [0.2, 0.25) is 0 Å². The van der Waals surface area contributed by atoms with E-state index in [0.29, 0.717) is 22.7 Å². The number of aromatic nitrogens is 2. The number of para-hydroxylation sites is 1. The zero-order valence-corrected chi connectivity index (χ0v) is 12.6. The van der Waals surface area contributed by atoms with E-state index in [-0.39, 0.29) is 6.61 Å². The smallest absolute Gasteiger partial charge is 0.342 e. The number of aryl methyl sites for hydroxylation is 2. The minimum Gasteiger partial charge on any atom is -0.462 e. The quantitative estimate of drug-likeness (QED) is 0.691. The van der Waals surface area contributed by atoms with Crippen LogP contribution >= 0.6 is 0 Å². The van der Waals surface area contributed by atoms with Crippen LogP contribution < -0.4 is 10.5 Å². The topological polar surface area (TPSA) is 79.4 Å². The first-order chi connectivity index (χ1) is 9.95. The first kappa shape index (κ1) is 14.9. The summed E-state index contributed by atoms with van der Waals surface area (Å²) in [6, 6.07) is 5.00. The van der Waals surface area contributed by atoms with Crippen LogP contribution in [0, 0.1) is 13.8 Å². The van der Waals surface area contributed by atoms with Crippen LogP contribution in [0.3, 0.4) is 0 Å². The molecule has 1 aromatic carbocycles. The largest absolute Gasteiger partial charge is 0.462 e. The lowest BCUT2D eigenvalue weighted by molar-refractivity contribution is 0.0523. The molecule has 112 valence electrons. The third-order valence-corrected chi connectivity index (χ3v) is 3.19. The van der Waals surface area contributed by atoms with Gasteiger partial charge < -0.3 is 15.2 Å². The van der Waals surface area contributed by atoms with Crippen molar-refractivity contribution in [1.82, 2.24) is 9.78 Å². The Morgan fingerprint density at radius 3 is 2.62 bits per heavy atom. The van der Waals surface area contributed by atoms with E-state index < -0.39 is 5.97 Å². The van der Waals surface area contributed by atoms with Gasteiger partial charge >= 0.3 is 5.97 Å². The van der Waals surface area contributed by atoms with Gasteiger partial charge in [-0.05, 0) is 32.9 Å². The van der Waals surface area contributed by atoms with Crippen molar-refractivity contribution in [3.05, 3.63) is 35.2 Å². The highest BCUT2D eigenvalue weighted by Crippen LogP contribution is 2.34. The van der Waals surface area contributed by atoms with E-state index in [1.54, 1.807) is 29.8 Å². The van der Waals surface area contributed by atoms with E-state index in [4.69, 9.17) is 15.2 Å². The Morgan fingerprint density at radius 2 is 2.05 bits per heavy atom. The Balaban J connectivity index is 2.46. The molecule has 0 bridgehead atoms. The van der Waals surface area contributed by atoms with Gasteiger partial charge in [-0.1, -0.05) is 6.07 Å². The maximum Gasteiger partial charge on any atom is 0.342 e. The molecule has 0 saturated carbocycles. The number of nitrogens with zero attached hydrogens (tertiary/aromatic N) is 2. The molecule has 1 heterocycles. The van der Waals surface area contributed by atoms with Gasteiger partial charge in [-0.2, -0.15) is 5.10 Å². The fourth-order valence-corrected chi connectivity index (χ4v) is 2.04. The lowest BCUT2D eigenvalue weighted by Crippen LogP contribution is -2.08. The molecular formula is C15H19N3O3. The van der Waals surface area contributed by atoms with Crippen molar-refractivity contribution < 1.29 is 14.3 Å². The van der Waals surface area contributed by atoms with Crippen LogP contribution in [0.4, 0.5) is 5.69 Å². The number of nitrogens with two attached hydrogens (primary N) is 1. The average molecular weight is 289 g/mol. The van der Waals surface area contributed by atoms with E-state index in [1.165, 1.54) is 0 Å². The highest BCUT2D eigenvalue weighted by atomic mass is 16.5. The van der Waals surface area contributed by atoms with Crippen molar-refractivity contribution in [2.45, 2.75) is 20.8 Å². The highest BCUT2D eigenvalue weighted by Gasteiger charge is 2.20.